The number of nitrogens with zero attached hydrogens (tertiary/aromatic N) is 3. The summed E-state index contributed by atoms with van der Waals surface area (Å²) in [5, 5.41) is 4.98. The number of amides is 1. The SMILES string of the molecule is COc1ccc2[nH]c(C(=O)N3CCC(c4noc(C)n4)CC3)cc2c1. The number of fused-ring (bicyclic) bond motifs is 1. The number of likely N-dealkylation sites (tertiary alicyclic amines) is 1. The molecule has 1 saturated heterocycles. The molecule has 0 saturated carbocycles. The van der Waals surface area contributed by atoms with E-state index in [4.69, 9.17) is 9.26 Å². The number of aromatic amines is 1. The van der Waals surface area contributed by atoms with Gasteiger partial charge in [0.25, 0.3) is 5.91 Å². The molecule has 0 unspecified atom stereocenters. The van der Waals surface area contributed by atoms with Crippen molar-refractivity contribution >= 4 is 16.8 Å². The monoisotopic (exact) mass is 340 g/mol. The third-order valence-electron chi connectivity index (χ3n) is 4.75. The van der Waals surface area contributed by atoms with Gasteiger partial charge in [0.05, 0.1) is 7.11 Å². The molecule has 0 radical (unpaired) electrons. The highest BCUT2D eigenvalue weighted by Gasteiger charge is 2.27. The minimum absolute atomic E-state index is 0.0258. The van der Waals surface area contributed by atoms with Crippen molar-refractivity contribution in [3.05, 3.63) is 41.7 Å². The van der Waals surface area contributed by atoms with Crippen molar-refractivity contribution in [2.24, 2.45) is 0 Å². The number of rotatable bonds is 3. The summed E-state index contributed by atoms with van der Waals surface area (Å²) in [6.45, 7) is 3.17. The van der Waals surface area contributed by atoms with Crippen molar-refractivity contribution in [2.45, 2.75) is 25.7 Å². The number of hydrogen-bond donors (Lipinski definition) is 1. The Kier molecular flexibility index (Phi) is 3.91. The zero-order valence-electron chi connectivity index (χ0n) is 14.3. The van der Waals surface area contributed by atoms with Gasteiger partial charge in [0.1, 0.15) is 11.4 Å². The normalized spacial score (nSPS) is 15.7. The van der Waals surface area contributed by atoms with Gasteiger partial charge in [-0.05, 0) is 37.1 Å². The summed E-state index contributed by atoms with van der Waals surface area (Å²) in [4.78, 5) is 22.2. The molecule has 0 aliphatic carbocycles. The number of aryl methyl sites for hydroxylation is 1. The lowest BCUT2D eigenvalue weighted by Gasteiger charge is -2.30. The molecule has 130 valence electrons. The van der Waals surface area contributed by atoms with Gasteiger partial charge >= 0.3 is 0 Å². The summed E-state index contributed by atoms with van der Waals surface area (Å²) in [5.74, 6) is 2.40. The Morgan fingerprint density at radius 2 is 2.12 bits per heavy atom. The van der Waals surface area contributed by atoms with Crippen LogP contribution in [0.3, 0.4) is 0 Å². The standard InChI is InChI=1S/C18H20N4O3/c1-11-19-17(21-25-11)12-5-7-22(8-6-12)18(23)16-10-13-9-14(24-2)3-4-15(13)20-16/h3-4,9-10,12,20H,5-8H2,1-2H3. The van der Waals surface area contributed by atoms with E-state index >= 15 is 0 Å². The number of benzene rings is 1. The lowest BCUT2D eigenvalue weighted by molar-refractivity contribution is 0.0705. The summed E-state index contributed by atoms with van der Waals surface area (Å²) < 4.78 is 10.3. The fourth-order valence-corrected chi connectivity index (χ4v) is 3.34. The van der Waals surface area contributed by atoms with Crippen LogP contribution in [-0.2, 0) is 0 Å². The molecular weight excluding hydrogens is 320 g/mol. The quantitative estimate of drug-likeness (QED) is 0.792. The molecule has 0 spiro atoms. The van der Waals surface area contributed by atoms with Gasteiger partial charge in [-0.2, -0.15) is 4.98 Å². The average Bonchev–Trinajstić information content (AvgIpc) is 3.26. The Morgan fingerprint density at radius 3 is 2.80 bits per heavy atom. The molecule has 3 heterocycles. The Hall–Kier alpha value is -2.83. The number of carbonyl (C=O) groups excluding carboxylic acids is 1. The Morgan fingerprint density at radius 1 is 1.32 bits per heavy atom. The highest BCUT2D eigenvalue weighted by Crippen LogP contribution is 2.27. The van der Waals surface area contributed by atoms with Crippen molar-refractivity contribution in [2.75, 3.05) is 20.2 Å². The van der Waals surface area contributed by atoms with Crippen LogP contribution in [0, 0.1) is 6.92 Å². The number of nitrogens with one attached hydrogen (secondary N) is 1. The van der Waals surface area contributed by atoms with Crippen molar-refractivity contribution < 1.29 is 14.1 Å². The van der Waals surface area contributed by atoms with Crippen LogP contribution in [-0.4, -0.2) is 46.1 Å². The number of piperidine rings is 1. The summed E-state index contributed by atoms with van der Waals surface area (Å²) >= 11 is 0. The zero-order chi connectivity index (χ0) is 17.4. The third-order valence-corrected chi connectivity index (χ3v) is 4.75. The molecule has 1 aliphatic rings. The minimum atomic E-state index is 0.0258. The first-order valence-corrected chi connectivity index (χ1v) is 8.40. The van der Waals surface area contributed by atoms with Crippen LogP contribution in [0.2, 0.25) is 0 Å². The molecule has 4 rings (SSSR count). The van der Waals surface area contributed by atoms with E-state index in [0.29, 0.717) is 24.7 Å². The van der Waals surface area contributed by atoms with Crippen molar-refractivity contribution in [1.82, 2.24) is 20.0 Å². The van der Waals surface area contributed by atoms with Gasteiger partial charge in [-0.25, -0.2) is 0 Å². The highest BCUT2D eigenvalue weighted by molar-refractivity contribution is 5.98. The van der Waals surface area contributed by atoms with Gasteiger partial charge in [-0.1, -0.05) is 5.16 Å². The van der Waals surface area contributed by atoms with E-state index in [1.165, 1.54) is 0 Å². The molecule has 1 aromatic carbocycles. The van der Waals surface area contributed by atoms with Gasteiger partial charge in [0, 0.05) is 36.8 Å². The van der Waals surface area contributed by atoms with E-state index in [2.05, 4.69) is 15.1 Å². The highest BCUT2D eigenvalue weighted by atomic mass is 16.5. The average molecular weight is 340 g/mol. The number of ether oxygens (including phenoxy) is 1. The van der Waals surface area contributed by atoms with Crippen LogP contribution in [0.4, 0.5) is 0 Å². The first-order chi connectivity index (χ1) is 12.1. The molecule has 25 heavy (non-hydrogen) atoms. The van der Waals surface area contributed by atoms with Crippen LogP contribution in [0.5, 0.6) is 5.75 Å². The Bertz CT molecular complexity index is 906. The number of aromatic nitrogens is 3. The van der Waals surface area contributed by atoms with Crippen molar-refractivity contribution in [3.8, 4) is 5.75 Å². The van der Waals surface area contributed by atoms with Gasteiger partial charge in [0.15, 0.2) is 5.82 Å². The lowest BCUT2D eigenvalue weighted by Crippen LogP contribution is -2.38. The molecule has 1 amide bonds. The summed E-state index contributed by atoms with van der Waals surface area (Å²) in [5.41, 5.74) is 1.54. The third kappa shape index (κ3) is 2.97. The van der Waals surface area contributed by atoms with E-state index in [-0.39, 0.29) is 11.8 Å². The van der Waals surface area contributed by atoms with E-state index in [0.717, 1.165) is 35.3 Å². The maximum atomic E-state index is 12.8. The first kappa shape index (κ1) is 15.7. The van der Waals surface area contributed by atoms with Crippen LogP contribution >= 0.6 is 0 Å². The van der Waals surface area contributed by atoms with E-state index in [1.807, 2.05) is 29.2 Å². The first-order valence-electron chi connectivity index (χ1n) is 8.40. The second kappa shape index (κ2) is 6.23. The van der Waals surface area contributed by atoms with Gasteiger partial charge in [-0.15, -0.1) is 0 Å². The van der Waals surface area contributed by atoms with E-state index < -0.39 is 0 Å². The maximum Gasteiger partial charge on any atom is 0.270 e. The molecule has 1 aliphatic heterocycles. The molecule has 0 bridgehead atoms. The van der Waals surface area contributed by atoms with E-state index in [9.17, 15) is 4.79 Å². The van der Waals surface area contributed by atoms with Crippen molar-refractivity contribution in [1.29, 1.82) is 0 Å². The van der Waals surface area contributed by atoms with Crippen molar-refractivity contribution in [3.63, 3.8) is 0 Å². The number of methoxy groups -OCH3 is 1. The Labute approximate surface area is 145 Å². The van der Waals surface area contributed by atoms with E-state index in [1.54, 1.807) is 14.0 Å². The van der Waals surface area contributed by atoms with Crippen LogP contribution in [0.25, 0.3) is 10.9 Å². The molecule has 7 nitrogen and oxygen atoms in total. The molecule has 0 atom stereocenters. The van der Waals surface area contributed by atoms with Crippen LogP contribution in [0.1, 0.15) is 41.0 Å². The van der Waals surface area contributed by atoms with Crippen LogP contribution in [0.15, 0.2) is 28.8 Å². The number of hydrogen-bond acceptors (Lipinski definition) is 5. The fourth-order valence-electron chi connectivity index (χ4n) is 3.34. The maximum absolute atomic E-state index is 12.8. The summed E-state index contributed by atoms with van der Waals surface area (Å²) in [7, 11) is 1.63. The van der Waals surface area contributed by atoms with Gasteiger partial charge in [0.2, 0.25) is 5.89 Å². The topological polar surface area (TPSA) is 84.3 Å². The largest absolute Gasteiger partial charge is 0.497 e. The smallest absolute Gasteiger partial charge is 0.270 e. The van der Waals surface area contributed by atoms with Gasteiger partial charge in [-0.3, -0.25) is 4.79 Å². The second-order valence-corrected chi connectivity index (χ2v) is 6.37. The Balaban J connectivity index is 1.46. The second-order valence-electron chi connectivity index (χ2n) is 6.37. The fraction of sp³-hybridized carbons (Fsp3) is 0.389. The summed E-state index contributed by atoms with van der Waals surface area (Å²) in [6.07, 6.45) is 1.69. The minimum Gasteiger partial charge on any atom is -0.497 e. The van der Waals surface area contributed by atoms with Gasteiger partial charge < -0.3 is 19.1 Å². The zero-order valence-corrected chi connectivity index (χ0v) is 14.3. The molecule has 1 N–H and O–H groups in total. The summed E-state index contributed by atoms with van der Waals surface area (Å²) in [6, 6.07) is 7.61. The predicted molar refractivity (Wildman–Crippen MR) is 91.8 cm³/mol. The molecule has 7 heteroatoms. The lowest BCUT2D eigenvalue weighted by atomic mass is 9.96. The number of H-pyrrole nitrogens is 1. The molecular formula is C18H20N4O3. The molecule has 2 aromatic heterocycles. The molecule has 1 fully saturated rings. The number of carbonyl (C=O) groups is 1. The molecule has 3 aromatic rings. The predicted octanol–water partition coefficient (Wildman–Crippen LogP) is 2.89. The van der Waals surface area contributed by atoms with Crippen LogP contribution < -0.4 is 4.74 Å².